The van der Waals surface area contributed by atoms with Gasteiger partial charge < -0.3 is 19.7 Å². The van der Waals surface area contributed by atoms with Crippen molar-refractivity contribution in [3.8, 4) is 0 Å². The van der Waals surface area contributed by atoms with Gasteiger partial charge in [0.15, 0.2) is 0 Å². The summed E-state index contributed by atoms with van der Waals surface area (Å²) in [6.45, 7) is 1.33. The topological polar surface area (TPSA) is 114 Å². The second kappa shape index (κ2) is 5.88. The van der Waals surface area contributed by atoms with E-state index in [0.29, 0.717) is 5.56 Å². The van der Waals surface area contributed by atoms with E-state index in [0.717, 1.165) is 0 Å². The predicted octanol–water partition coefficient (Wildman–Crippen LogP) is -1.85. The molecule has 0 amide bonds. The highest BCUT2D eigenvalue weighted by Gasteiger charge is 2.40. The third-order valence-corrected chi connectivity index (χ3v) is 3.53. The number of methoxy groups -OCH3 is 1. The minimum absolute atomic E-state index is 0.0895. The molecular weight excluding hydrogens is 268 g/mol. The van der Waals surface area contributed by atoms with Gasteiger partial charge in [-0.05, 0) is 6.92 Å². The molecule has 1 aliphatic heterocycles. The summed E-state index contributed by atoms with van der Waals surface area (Å²) in [5, 5.41) is 19.2. The number of aromatic amines is 1. The highest BCUT2D eigenvalue weighted by atomic mass is 16.5. The van der Waals surface area contributed by atoms with Gasteiger partial charge in [0.2, 0.25) is 0 Å². The Kier molecular flexibility index (Phi) is 4.39. The van der Waals surface area contributed by atoms with Crippen LogP contribution in [0.25, 0.3) is 0 Å². The summed E-state index contributed by atoms with van der Waals surface area (Å²) < 4.78 is 11.8. The van der Waals surface area contributed by atoms with Crippen molar-refractivity contribution in [3.05, 3.63) is 32.6 Å². The van der Waals surface area contributed by atoms with Crippen molar-refractivity contribution < 1.29 is 19.7 Å². The number of aliphatic hydroxyl groups excluding tert-OH is 2. The fraction of sp³-hybridized carbons (Fsp3) is 0.667. The third-order valence-electron chi connectivity index (χ3n) is 3.53. The van der Waals surface area contributed by atoms with Gasteiger partial charge in [-0.15, -0.1) is 0 Å². The van der Waals surface area contributed by atoms with Gasteiger partial charge in [-0.2, -0.15) is 0 Å². The van der Waals surface area contributed by atoms with Crippen LogP contribution in [0.1, 0.15) is 11.6 Å². The molecule has 0 saturated carbocycles. The average Bonchev–Trinajstić information content (AvgIpc) is 2.42. The van der Waals surface area contributed by atoms with E-state index < -0.39 is 35.6 Å². The van der Waals surface area contributed by atoms with E-state index in [-0.39, 0.29) is 13.2 Å². The number of hydrogen-bond acceptors (Lipinski definition) is 6. The van der Waals surface area contributed by atoms with Gasteiger partial charge in [-0.25, -0.2) is 4.79 Å². The lowest BCUT2D eigenvalue weighted by Crippen LogP contribution is -2.54. The number of H-pyrrole nitrogens is 1. The van der Waals surface area contributed by atoms with Gasteiger partial charge in [0, 0.05) is 18.9 Å². The van der Waals surface area contributed by atoms with Crippen molar-refractivity contribution in [3.63, 3.8) is 0 Å². The molecule has 8 nitrogen and oxygen atoms in total. The Balaban J connectivity index is 2.39. The van der Waals surface area contributed by atoms with E-state index in [4.69, 9.17) is 14.6 Å². The zero-order valence-electron chi connectivity index (χ0n) is 11.3. The van der Waals surface area contributed by atoms with E-state index in [2.05, 4.69) is 4.98 Å². The number of hydrogen-bond donors (Lipinski definition) is 3. The maximum atomic E-state index is 11.9. The average molecular weight is 286 g/mol. The number of aryl methyl sites for hydroxylation is 1. The largest absolute Gasteiger partial charge is 0.394 e. The molecule has 2 heterocycles. The first kappa shape index (κ1) is 14.9. The number of ether oxygens (including phenoxy) is 2. The van der Waals surface area contributed by atoms with Crippen LogP contribution in [0.4, 0.5) is 0 Å². The number of aliphatic hydroxyl groups is 2. The molecule has 0 radical (unpaired) electrons. The first-order valence-corrected chi connectivity index (χ1v) is 6.25. The van der Waals surface area contributed by atoms with Crippen LogP contribution < -0.4 is 11.2 Å². The van der Waals surface area contributed by atoms with Gasteiger partial charge in [0.25, 0.3) is 5.56 Å². The highest BCUT2D eigenvalue weighted by molar-refractivity contribution is 5.03. The summed E-state index contributed by atoms with van der Waals surface area (Å²) in [7, 11) is 1.41. The Morgan fingerprint density at radius 1 is 1.55 bits per heavy atom. The molecule has 1 aromatic heterocycles. The number of rotatable bonds is 3. The highest BCUT2D eigenvalue weighted by Crippen LogP contribution is 2.25. The Bertz CT molecular complexity index is 580. The van der Waals surface area contributed by atoms with Crippen LogP contribution in [0.2, 0.25) is 0 Å². The fourth-order valence-corrected chi connectivity index (χ4v) is 2.38. The van der Waals surface area contributed by atoms with E-state index in [9.17, 15) is 14.7 Å². The molecule has 0 aromatic carbocycles. The number of aromatic nitrogens is 2. The predicted molar refractivity (Wildman–Crippen MR) is 68.7 cm³/mol. The summed E-state index contributed by atoms with van der Waals surface area (Å²) in [6, 6.07) is -0.583. The van der Waals surface area contributed by atoms with Crippen LogP contribution in [0, 0.1) is 6.92 Å². The first-order valence-electron chi connectivity index (χ1n) is 6.25. The lowest BCUT2D eigenvalue weighted by atomic mass is 9.98. The number of nitrogens with one attached hydrogen (secondary N) is 1. The van der Waals surface area contributed by atoms with Crippen LogP contribution in [0.5, 0.6) is 0 Å². The van der Waals surface area contributed by atoms with Crippen LogP contribution in [-0.2, 0) is 9.47 Å². The van der Waals surface area contributed by atoms with Gasteiger partial charge in [0.05, 0.1) is 19.3 Å². The van der Waals surface area contributed by atoms with Gasteiger partial charge in [0.1, 0.15) is 18.3 Å². The van der Waals surface area contributed by atoms with Crippen molar-refractivity contribution in [2.24, 2.45) is 0 Å². The second-order valence-electron chi connectivity index (χ2n) is 4.79. The van der Waals surface area contributed by atoms with Gasteiger partial charge in [-0.1, -0.05) is 0 Å². The quantitative estimate of drug-likeness (QED) is 0.601. The molecule has 0 aliphatic carbocycles. The Hall–Kier alpha value is -1.48. The molecule has 8 heteroatoms. The van der Waals surface area contributed by atoms with Crippen molar-refractivity contribution in [2.75, 3.05) is 20.3 Å². The molecular formula is C12H18N2O6. The molecule has 2 rings (SSSR count). The monoisotopic (exact) mass is 286 g/mol. The standard InChI is InChI=1S/C12H18N2O6/c1-6-3-14(12(18)13-11(6)17)7-5-20-8(4-15)9(16)10(7)19-2/h3,7-10,15-16H,4-5H2,1-2H3,(H,13,17,18)/t7-,8-,9-,10+/m1/s1. The maximum absolute atomic E-state index is 11.9. The summed E-state index contributed by atoms with van der Waals surface area (Å²) in [5.74, 6) is 0. The zero-order valence-corrected chi connectivity index (χ0v) is 11.3. The molecule has 1 saturated heterocycles. The minimum atomic E-state index is -1.07. The molecule has 4 atom stereocenters. The Morgan fingerprint density at radius 3 is 2.85 bits per heavy atom. The molecule has 0 unspecified atom stereocenters. The molecule has 1 aromatic rings. The molecule has 112 valence electrons. The van der Waals surface area contributed by atoms with E-state index >= 15 is 0 Å². The molecule has 1 fully saturated rings. The zero-order chi connectivity index (χ0) is 14.9. The molecule has 0 spiro atoms. The third kappa shape index (κ3) is 2.55. The van der Waals surface area contributed by atoms with Crippen molar-refractivity contribution in [1.82, 2.24) is 9.55 Å². The maximum Gasteiger partial charge on any atom is 0.328 e. The Labute approximate surface area is 114 Å². The van der Waals surface area contributed by atoms with Crippen LogP contribution in [-0.4, -0.2) is 58.4 Å². The van der Waals surface area contributed by atoms with Gasteiger partial charge in [-0.3, -0.25) is 14.3 Å². The van der Waals surface area contributed by atoms with Crippen molar-refractivity contribution in [2.45, 2.75) is 31.3 Å². The van der Waals surface area contributed by atoms with Crippen LogP contribution >= 0.6 is 0 Å². The van der Waals surface area contributed by atoms with Gasteiger partial charge >= 0.3 is 5.69 Å². The van der Waals surface area contributed by atoms with E-state index in [1.54, 1.807) is 6.92 Å². The molecule has 20 heavy (non-hydrogen) atoms. The summed E-state index contributed by atoms with van der Waals surface area (Å²) in [5.41, 5.74) is -0.671. The SMILES string of the molecule is CO[C@@H]1[C@H](O)[C@@H](CO)OC[C@H]1n1cc(C)c(=O)[nH]c1=O. The smallest absolute Gasteiger partial charge is 0.328 e. The fourth-order valence-electron chi connectivity index (χ4n) is 2.38. The van der Waals surface area contributed by atoms with Crippen LogP contribution in [0.3, 0.4) is 0 Å². The summed E-state index contributed by atoms with van der Waals surface area (Å²) in [6.07, 6.45) is -1.13. The molecule has 1 aliphatic rings. The van der Waals surface area contributed by atoms with Crippen molar-refractivity contribution >= 4 is 0 Å². The molecule has 0 bridgehead atoms. The van der Waals surface area contributed by atoms with Crippen molar-refractivity contribution in [1.29, 1.82) is 0 Å². The Morgan fingerprint density at radius 2 is 2.25 bits per heavy atom. The molecule has 3 N–H and O–H groups in total. The summed E-state index contributed by atoms with van der Waals surface area (Å²) in [4.78, 5) is 25.4. The normalized spacial score (nSPS) is 30.4. The lowest BCUT2D eigenvalue weighted by Gasteiger charge is -2.39. The van der Waals surface area contributed by atoms with Crippen LogP contribution in [0.15, 0.2) is 15.8 Å². The number of nitrogens with zero attached hydrogens (tertiary/aromatic N) is 1. The summed E-state index contributed by atoms with van der Waals surface area (Å²) >= 11 is 0. The van der Waals surface area contributed by atoms with E-state index in [1.807, 2.05) is 0 Å². The first-order chi connectivity index (χ1) is 9.49. The minimum Gasteiger partial charge on any atom is -0.394 e. The second-order valence-corrected chi connectivity index (χ2v) is 4.79. The lowest BCUT2D eigenvalue weighted by molar-refractivity contribution is -0.179. The van der Waals surface area contributed by atoms with E-state index in [1.165, 1.54) is 17.9 Å².